The Morgan fingerprint density at radius 2 is 2.26 bits per heavy atom. The Labute approximate surface area is 118 Å². The first kappa shape index (κ1) is 14.2. The maximum atomic E-state index is 10.5. The number of aromatic nitrogens is 1. The standard InChI is InChI=1S/C13H19N3O2S/c1-16(9-13(17)3-6-18-7-4-13)11-8-15-5-2-10(11)12(14)19/h2,5,8,17H,3-4,6-7,9H2,1H3,(H2,14,19). The summed E-state index contributed by atoms with van der Waals surface area (Å²) >= 11 is 5.04. The molecule has 2 rings (SSSR count). The molecule has 0 radical (unpaired) electrons. The molecule has 0 aromatic carbocycles. The molecule has 1 aliphatic rings. The summed E-state index contributed by atoms with van der Waals surface area (Å²) in [6.45, 7) is 1.71. The lowest BCUT2D eigenvalue weighted by Gasteiger charge is -2.36. The van der Waals surface area contributed by atoms with E-state index in [9.17, 15) is 5.11 Å². The molecule has 1 saturated heterocycles. The van der Waals surface area contributed by atoms with E-state index in [0.29, 0.717) is 37.6 Å². The predicted molar refractivity (Wildman–Crippen MR) is 78.4 cm³/mol. The van der Waals surface area contributed by atoms with Gasteiger partial charge in [-0.05, 0) is 6.07 Å². The van der Waals surface area contributed by atoms with E-state index in [1.54, 1.807) is 18.5 Å². The van der Waals surface area contributed by atoms with Gasteiger partial charge in [-0.1, -0.05) is 12.2 Å². The van der Waals surface area contributed by atoms with E-state index in [4.69, 9.17) is 22.7 Å². The van der Waals surface area contributed by atoms with Crippen LogP contribution >= 0.6 is 12.2 Å². The first-order valence-corrected chi connectivity index (χ1v) is 6.68. The Morgan fingerprint density at radius 1 is 1.58 bits per heavy atom. The van der Waals surface area contributed by atoms with Crippen LogP contribution in [0.3, 0.4) is 0 Å². The zero-order valence-corrected chi connectivity index (χ0v) is 11.8. The van der Waals surface area contributed by atoms with Gasteiger partial charge in [0, 0.05) is 51.4 Å². The number of likely N-dealkylation sites (N-methyl/N-ethyl adjacent to an activating group) is 1. The van der Waals surface area contributed by atoms with Crippen molar-refractivity contribution >= 4 is 22.9 Å². The summed E-state index contributed by atoms with van der Waals surface area (Å²) in [5.74, 6) is 0. The smallest absolute Gasteiger partial charge is 0.106 e. The Kier molecular flexibility index (Phi) is 4.34. The molecule has 6 heteroatoms. The van der Waals surface area contributed by atoms with Crippen LogP contribution in [0.15, 0.2) is 18.5 Å². The number of nitrogens with two attached hydrogens (primary N) is 1. The fourth-order valence-electron chi connectivity index (χ4n) is 2.33. The van der Waals surface area contributed by atoms with Crippen molar-refractivity contribution < 1.29 is 9.84 Å². The zero-order chi connectivity index (χ0) is 13.9. The van der Waals surface area contributed by atoms with Crippen molar-refractivity contribution in [2.75, 3.05) is 31.7 Å². The van der Waals surface area contributed by atoms with Gasteiger partial charge in [0.1, 0.15) is 4.99 Å². The molecule has 1 aromatic heterocycles. The van der Waals surface area contributed by atoms with Crippen LogP contribution in [-0.4, -0.2) is 47.5 Å². The van der Waals surface area contributed by atoms with Gasteiger partial charge in [-0.25, -0.2) is 0 Å². The minimum Gasteiger partial charge on any atom is -0.389 e. The lowest BCUT2D eigenvalue weighted by molar-refractivity contribution is -0.0572. The molecule has 1 fully saturated rings. The van der Waals surface area contributed by atoms with Gasteiger partial charge < -0.3 is 20.5 Å². The van der Waals surface area contributed by atoms with Gasteiger partial charge in [0.25, 0.3) is 0 Å². The summed E-state index contributed by atoms with van der Waals surface area (Å²) in [6, 6.07) is 1.79. The number of ether oxygens (including phenoxy) is 1. The highest BCUT2D eigenvalue weighted by Gasteiger charge is 2.31. The fraction of sp³-hybridized carbons (Fsp3) is 0.538. The van der Waals surface area contributed by atoms with Gasteiger partial charge in [-0.15, -0.1) is 0 Å². The van der Waals surface area contributed by atoms with Gasteiger partial charge in [0.2, 0.25) is 0 Å². The minimum atomic E-state index is -0.726. The molecule has 2 heterocycles. The highest BCUT2D eigenvalue weighted by atomic mass is 32.1. The molecule has 0 amide bonds. The summed E-state index contributed by atoms with van der Waals surface area (Å²) in [6.07, 6.45) is 4.66. The summed E-state index contributed by atoms with van der Waals surface area (Å²) in [7, 11) is 1.91. The molecule has 0 unspecified atom stereocenters. The molecule has 1 aliphatic heterocycles. The quantitative estimate of drug-likeness (QED) is 0.791. The van der Waals surface area contributed by atoms with Gasteiger partial charge in [0.05, 0.1) is 17.5 Å². The first-order valence-electron chi connectivity index (χ1n) is 6.27. The van der Waals surface area contributed by atoms with Crippen LogP contribution in [0.4, 0.5) is 5.69 Å². The van der Waals surface area contributed by atoms with Gasteiger partial charge in [-0.3, -0.25) is 4.98 Å². The van der Waals surface area contributed by atoms with E-state index >= 15 is 0 Å². The average Bonchev–Trinajstić information content (AvgIpc) is 2.39. The van der Waals surface area contributed by atoms with Gasteiger partial charge >= 0.3 is 0 Å². The summed E-state index contributed by atoms with van der Waals surface area (Å²) < 4.78 is 5.28. The first-order chi connectivity index (χ1) is 9.02. The van der Waals surface area contributed by atoms with Crippen LogP contribution in [0.1, 0.15) is 18.4 Å². The van der Waals surface area contributed by atoms with E-state index in [-0.39, 0.29) is 0 Å². The van der Waals surface area contributed by atoms with Crippen LogP contribution < -0.4 is 10.6 Å². The zero-order valence-electron chi connectivity index (χ0n) is 11.0. The molecule has 1 aromatic rings. The second-order valence-corrected chi connectivity index (χ2v) is 5.39. The number of rotatable bonds is 4. The van der Waals surface area contributed by atoms with Crippen LogP contribution in [0.2, 0.25) is 0 Å². The number of hydrogen-bond donors (Lipinski definition) is 2. The minimum absolute atomic E-state index is 0.336. The molecule has 0 bridgehead atoms. The van der Waals surface area contributed by atoms with Gasteiger partial charge in [0.15, 0.2) is 0 Å². The van der Waals surface area contributed by atoms with Crippen LogP contribution in [0.25, 0.3) is 0 Å². The average molecular weight is 281 g/mol. The largest absolute Gasteiger partial charge is 0.389 e. The monoisotopic (exact) mass is 281 g/mol. The van der Waals surface area contributed by atoms with Crippen molar-refractivity contribution in [1.29, 1.82) is 0 Å². The van der Waals surface area contributed by atoms with E-state index in [0.717, 1.165) is 11.3 Å². The maximum absolute atomic E-state index is 10.5. The number of thiocarbonyl (C=S) groups is 1. The van der Waals surface area contributed by atoms with E-state index in [2.05, 4.69) is 4.98 Å². The number of anilines is 1. The molecule has 0 atom stereocenters. The van der Waals surface area contributed by atoms with Crippen molar-refractivity contribution in [2.24, 2.45) is 5.73 Å². The SMILES string of the molecule is CN(CC1(O)CCOCC1)c1cnccc1C(N)=S. The highest BCUT2D eigenvalue weighted by Crippen LogP contribution is 2.25. The summed E-state index contributed by atoms with van der Waals surface area (Å²) in [4.78, 5) is 6.39. The van der Waals surface area contributed by atoms with E-state index in [1.807, 2.05) is 11.9 Å². The maximum Gasteiger partial charge on any atom is 0.106 e. The molecule has 5 nitrogen and oxygen atoms in total. The van der Waals surface area contributed by atoms with Crippen LogP contribution in [-0.2, 0) is 4.74 Å². The third-order valence-electron chi connectivity index (χ3n) is 3.43. The fourth-order valence-corrected chi connectivity index (χ4v) is 2.51. The topological polar surface area (TPSA) is 71.6 Å². The summed E-state index contributed by atoms with van der Waals surface area (Å²) in [5.41, 5.74) is 6.61. The van der Waals surface area contributed by atoms with Crippen molar-refractivity contribution in [1.82, 2.24) is 4.98 Å². The van der Waals surface area contributed by atoms with Crippen LogP contribution in [0.5, 0.6) is 0 Å². The van der Waals surface area contributed by atoms with Crippen LogP contribution in [0, 0.1) is 0 Å². The Bertz CT molecular complexity index is 461. The molecule has 0 spiro atoms. The van der Waals surface area contributed by atoms with E-state index in [1.165, 1.54) is 0 Å². The molecule has 0 aliphatic carbocycles. The molecule has 3 N–H and O–H groups in total. The second-order valence-electron chi connectivity index (χ2n) is 4.95. The highest BCUT2D eigenvalue weighted by molar-refractivity contribution is 7.80. The Balaban J connectivity index is 2.15. The third kappa shape index (κ3) is 3.40. The number of aliphatic hydroxyl groups is 1. The van der Waals surface area contributed by atoms with Crippen molar-refractivity contribution in [2.45, 2.75) is 18.4 Å². The Hall–Kier alpha value is -1.24. The van der Waals surface area contributed by atoms with Crippen molar-refractivity contribution in [3.63, 3.8) is 0 Å². The molecular weight excluding hydrogens is 262 g/mol. The Morgan fingerprint density at radius 3 is 2.89 bits per heavy atom. The number of pyridine rings is 1. The molecule has 19 heavy (non-hydrogen) atoms. The summed E-state index contributed by atoms with van der Waals surface area (Å²) in [5, 5.41) is 10.5. The molecule has 104 valence electrons. The molecule has 0 saturated carbocycles. The third-order valence-corrected chi connectivity index (χ3v) is 3.65. The van der Waals surface area contributed by atoms with Crippen molar-refractivity contribution in [3.8, 4) is 0 Å². The molecular formula is C13H19N3O2S. The van der Waals surface area contributed by atoms with E-state index < -0.39 is 5.60 Å². The lowest BCUT2D eigenvalue weighted by atomic mass is 9.93. The van der Waals surface area contributed by atoms with Gasteiger partial charge in [-0.2, -0.15) is 0 Å². The number of nitrogens with zero attached hydrogens (tertiary/aromatic N) is 2. The lowest BCUT2D eigenvalue weighted by Crippen LogP contribution is -2.46. The van der Waals surface area contributed by atoms with Crippen molar-refractivity contribution in [3.05, 3.63) is 24.0 Å². The predicted octanol–water partition coefficient (Wildman–Crippen LogP) is 0.693. The second kappa shape index (κ2) is 5.81. The normalized spacial score (nSPS) is 18.0. The number of hydrogen-bond acceptors (Lipinski definition) is 5.